The number of hydrogen-bond acceptors (Lipinski definition) is 1. The van der Waals surface area contributed by atoms with E-state index in [1.807, 2.05) is 0 Å². The number of aliphatic hydroxyl groups is 1. The molecule has 0 saturated heterocycles. The molecule has 1 nitrogen and oxygen atoms in total. The van der Waals surface area contributed by atoms with Crippen LogP contribution in [0.2, 0.25) is 0 Å². The molecule has 0 aliphatic heterocycles. The average Bonchev–Trinajstić information content (AvgIpc) is 2.66. The lowest BCUT2D eigenvalue weighted by atomic mass is 9.96. The molecule has 0 aromatic carbocycles. The zero-order chi connectivity index (χ0) is 6.91. The Morgan fingerprint density at radius 1 is 1.78 bits per heavy atom. The van der Waals surface area contributed by atoms with E-state index in [4.69, 9.17) is 0 Å². The molecule has 0 spiro atoms. The Hall–Kier alpha value is -0.300. The van der Waals surface area contributed by atoms with Gasteiger partial charge in [-0.15, -0.1) is 6.58 Å². The lowest BCUT2D eigenvalue weighted by molar-refractivity contribution is 0.134. The van der Waals surface area contributed by atoms with Crippen molar-refractivity contribution in [3.63, 3.8) is 0 Å². The molecule has 0 amide bonds. The maximum absolute atomic E-state index is 9.33. The second-order valence-electron chi connectivity index (χ2n) is 2.90. The summed E-state index contributed by atoms with van der Waals surface area (Å²) in [7, 11) is 0. The van der Waals surface area contributed by atoms with Gasteiger partial charge in [0, 0.05) is 0 Å². The van der Waals surface area contributed by atoms with Gasteiger partial charge in [0.1, 0.15) is 0 Å². The summed E-state index contributed by atoms with van der Waals surface area (Å²) >= 11 is 0. The molecule has 1 aliphatic carbocycles. The highest BCUT2D eigenvalue weighted by molar-refractivity contribution is 5.03. The van der Waals surface area contributed by atoms with E-state index < -0.39 is 0 Å². The van der Waals surface area contributed by atoms with Crippen molar-refractivity contribution < 1.29 is 5.11 Å². The first-order valence-electron chi connectivity index (χ1n) is 3.56. The molecule has 1 saturated carbocycles. The SMILES string of the molecule is C=CC(O)C1(CC)CC1. The molecule has 0 aromatic heterocycles. The van der Waals surface area contributed by atoms with E-state index in [0.717, 1.165) is 6.42 Å². The minimum atomic E-state index is -0.262. The third-order valence-corrected chi connectivity index (χ3v) is 2.45. The molecule has 1 rings (SSSR count). The Morgan fingerprint density at radius 2 is 2.33 bits per heavy atom. The van der Waals surface area contributed by atoms with Crippen LogP contribution >= 0.6 is 0 Å². The van der Waals surface area contributed by atoms with Gasteiger partial charge in [-0.05, 0) is 24.7 Å². The van der Waals surface area contributed by atoms with Crippen molar-refractivity contribution in [1.82, 2.24) is 0 Å². The first kappa shape index (κ1) is 6.81. The Balaban J connectivity index is 2.48. The topological polar surface area (TPSA) is 20.2 Å². The van der Waals surface area contributed by atoms with Crippen LogP contribution in [0, 0.1) is 5.41 Å². The Bertz CT molecular complexity index is 114. The van der Waals surface area contributed by atoms with Crippen LogP contribution in [-0.4, -0.2) is 11.2 Å². The molecule has 1 N–H and O–H groups in total. The van der Waals surface area contributed by atoms with Gasteiger partial charge < -0.3 is 5.11 Å². The van der Waals surface area contributed by atoms with Crippen molar-refractivity contribution in [2.24, 2.45) is 5.41 Å². The van der Waals surface area contributed by atoms with Crippen molar-refractivity contribution >= 4 is 0 Å². The van der Waals surface area contributed by atoms with E-state index in [9.17, 15) is 5.11 Å². The lowest BCUT2D eigenvalue weighted by Crippen LogP contribution is -2.17. The van der Waals surface area contributed by atoms with Crippen LogP contribution in [0.3, 0.4) is 0 Å². The van der Waals surface area contributed by atoms with E-state index >= 15 is 0 Å². The van der Waals surface area contributed by atoms with Gasteiger partial charge in [0.2, 0.25) is 0 Å². The first-order chi connectivity index (χ1) is 4.25. The van der Waals surface area contributed by atoms with Gasteiger partial charge in [0.05, 0.1) is 6.10 Å². The maximum atomic E-state index is 9.33. The lowest BCUT2D eigenvalue weighted by Gasteiger charge is -2.15. The molecule has 0 heterocycles. The summed E-state index contributed by atoms with van der Waals surface area (Å²) in [6.07, 6.45) is 4.83. The summed E-state index contributed by atoms with van der Waals surface area (Å²) in [6.45, 7) is 5.69. The standard InChI is InChI=1S/C8H14O/c1-3-7(9)8(4-2)5-6-8/h3,7,9H,1,4-6H2,2H3. The van der Waals surface area contributed by atoms with Crippen LogP contribution in [0.25, 0.3) is 0 Å². The molecule has 0 radical (unpaired) electrons. The Kier molecular flexibility index (Phi) is 1.62. The zero-order valence-corrected chi connectivity index (χ0v) is 5.93. The van der Waals surface area contributed by atoms with Crippen LogP contribution in [0.1, 0.15) is 26.2 Å². The molecule has 9 heavy (non-hydrogen) atoms. The summed E-state index contributed by atoms with van der Waals surface area (Å²) in [6, 6.07) is 0. The second kappa shape index (κ2) is 2.14. The quantitative estimate of drug-likeness (QED) is 0.571. The van der Waals surface area contributed by atoms with Gasteiger partial charge in [-0.2, -0.15) is 0 Å². The van der Waals surface area contributed by atoms with E-state index in [-0.39, 0.29) is 11.5 Å². The Labute approximate surface area is 56.4 Å². The molecule has 0 bridgehead atoms. The van der Waals surface area contributed by atoms with Crippen molar-refractivity contribution in [3.05, 3.63) is 12.7 Å². The third kappa shape index (κ3) is 1.01. The molecular weight excluding hydrogens is 112 g/mol. The largest absolute Gasteiger partial charge is 0.388 e. The molecule has 52 valence electrons. The van der Waals surface area contributed by atoms with Crippen LogP contribution in [0.4, 0.5) is 0 Å². The van der Waals surface area contributed by atoms with Crippen LogP contribution in [-0.2, 0) is 0 Å². The molecule has 1 heteroatoms. The highest BCUT2D eigenvalue weighted by Crippen LogP contribution is 2.51. The second-order valence-corrected chi connectivity index (χ2v) is 2.90. The summed E-state index contributed by atoms with van der Waals surface area (Å²) in [5, 5.41) is 9.33. The van der Waals surface area contributed by atoms with Crippen molar-refractivity contribution in [2.45, 2.75) is 32.3 Å². The number of rotatable bonds is 3. The van der Waals surface area contributed by atoms with Gasteiger partial charge >= 0.3 is 0 Å². The highest BCUT2D eigenvalue weighted by Gasteiger charge is 2.45. The molecule has 1 atom stereocenters. The maximum Gasteiger partial charge on any atom is 0.0774 e. The fourth-order valence-corrected chi connectivity index (χ4v) is 1.27. The van der Waals surface area contributed by atoms with Gasteiger partial charge in [0.25, 0.3) is 0 Å². The third-order valence-electron chi connectivity index (χ3n) is 2.45. The predicted octanol–water partition coefficient (Wildman–Crippen LogP) is 1.72. The summed E-state index contributed by atoms with van der Waals surface area (Å²) in [5.41, 5.74) is 0.238. The van der Waals surface area contributed by atoms with E-state index in [1.54, 1.807) is 6.08 Å². The highest BCUT2D eigenvalue weighted by atomic mass is 16.3. The molecule has 1 aliphatic rings. The summed E-state index contributed by atoms with van der Waals surface area (Å²) in [4.78, 5) is 0. The smallest absolute Gasteiger partial charge is 0.0774 e. The fraction of sp³-hybridized carbons (Fsp3) is 0.750. The normalized spacial score (nSPS) is 25.1. The monoisotopic (exact) mass is 126 g/mol. The Morgan fingerprint density at radius 3 is 2.44 bits per heavy atom. The van der Waals surface area contributed by atoms with Gasteiger partial charge in [-0.25, -0.2) is 0 Å². The molecule has 1 fully saturated rings. The molecule has 0 aromatic rings. The minimum absolute atomic E-state index is 0.238. The van der Waals surface area contributed by atoms with Crippen LogP contribution in [0.15, 0.2) is 12.7 Å². The van der Waals surface area contributed by atoms with Gasteiger partial charge in [0.15, 0.2) is 0 Å². The van der Waals surface area contributed by atoms with Gasteiger partial charge in [-0.1, -0.05) is 13.0 Å². The first-order valence-corrected chi connectivity index (χ1v) is 3.56. The van der Waals surface area contributed by atoms with Crippen molar-refractivity contribution in [2.75, 3.05) is 0 Å². The fourth-order valence-electron chi connectivity index (χ4n) is 1.27. The number of aliphatic hydroxyl groups excluding tert-OH is 1. The molecular formula is C8H14O. The van der Waals surface area contributed by atoms with E-state index in [1.165, 1.54) is 12.8 Å². The van der Waals surface area contributed by atoms with Crippen molar-refractivity contribution in [1.29, 1.82) is 0 Å². The van der Waals surface area contributed by atoms with E-state index in [0.29, 0.717) is 0 Å². The molecule has 1 unspecified atom stereocenters. The van der Waals surface area contributed by atoms with Crippen LogP contribution < -0.4 is 0 Å². The van der Waals surface area contributed by atoms with Gasteiger partial charge in [-0.3, -0.25) is 0 Å². The summed E-state index contributed by atoms with van der Waals surface area (Å²) < 4.78 is 0. The minimum Gasteiger partial charge on any atom is -0.388 e. The van der Waals surface area contributed by atoms with E-state index in [2.05, 4.69) is 13.5 Å². The zero-order valence-electron chi connectivity index (χ0n) is 5.93. The summed E-state index contributed by atoms with van der Waals surface area (Å²) in [5.74, 6) is 0. The van der Waals surface area contributed by atoms with Crippen LogP contribution in [0.5, 0.6) is 0 Å². The van der Waals surface area contributed by atoms with Crippen molar-refractivity contribution in [3.8, 4) is 0 Å². The number of hydrogen-bond donors (Lipinski definition) is 1. The predicted molar refractivity (Wildman–Crippen MR) is 38.2 cm³/mol. The average molecular weight is 126 g/mol.